The molecule has 1 aliphatic heterocycles. The second-order valence-electron chi connectivity index (χ2n) is 5.11. The molecule has 0 spiro atoms. The number of nitrogens with zero attached hydrogens (tertiary/aromatic N) is 2. The Balaban J connectivity index is 1.95. The van der Waals surface area contributed by atoms with E-state index in [1.807, 2.05) is 6.07 Å². The molecule has 3 amide bonds. The first kappa shape index (κ1) is 16.7. The minimum Gasteiger partial charge on any atom is -0.290 e. The third-order valence-corrected chi connectivity index (χ3v) is 5.07. The van der Waals surface area contributed by atoms with Gasteiger partial charge in [0.1, 0.15) is 0 Å². The minimum atomic E-state index is -0.906. The maximum atomic E-state index is 12.8. The van der Waals surface area contributed by atoms with Crippen molar-refractivity contribution < 1.29 is 14.4 Å². The molecule has 0 aromatic heterocycles. The van der Waals surface area contributed by atoms with Gasteiger partial charge in [-0.25, -0.2) is 4.90 Å². The second-order valence-corrected chi connectivity index (χ2v) is 7.06. The van der Waals surface area contributed by atoms with E-state index in [0.29, 0.717) is 11.4 Å². The molecule has 1 fully saturated rings. The molecule has 0 N–H and O–H groups in total. The molecule has 0 saturated carbocycles. The Morgan fingerprint density at radius 3 is 2.29 bits per heavy atom. The van der Waals surface area contributed by atoms with Crippen molar-refractivity contribution in [3.63, 3.8) is 0 Å². The number of halogens is 1. The summed E-state index contributed by atoms with van der Waals surface area (Å²) in [4.78, 5) is 39.7. The molecule has 0 unspecified atom stereocenters. The number of thioether (sulfide) groups is 1. The van der Waals surface area contributed by atoms with Crippen molar-refractivity contribution in [1.29, 1.82) is 0 Å². The lowest BCUT2D eigenvalue weighted by Crippen LogP contribution is -2.44. The molecular weight excluding hydrogens is 392 g/mol. The fourth-order valence-electron chi connectivity index (χ4n) is 2.46. The first-order valence-electron chi connectivity index (χ1n) is 7.14. The number of imide groups is 1. The predicted octanol–water partition coefficient (Wildman–Crippen LogP) is 4.03. The highest BCUT2D eigenvalue weighted by Crippen LogP contribution is 2.36. The molecular formula is C17H13BrN2O3S. The molecule has 122 valence electrons. The molecule has 2 aromatic carbocycles. The van der Waals surface area contributed by atoms with Gasteiger partial charge in [-0.3, -0.25) is 19.3 Å². The van der Waals surface area contributed by atoms with Gasteiger partial charge in [0, 0.05) is 17.1 Å². The van der Waals surface area contributed by atoms with Gasteiger partial charge in [0.05, 0.1) is 5.69 Å². The van der Waals surface area contributed by atoms with Crippen LogP contribution in [-0.4, -0.2) is 22.4 Å². The number of hydrogen-bond acceptors (Lipinski definition) is 4. The molecule has 7 heteroatoms. The van der Waals surface area contributed by atoms with Crippen LogP contribution in [0.25, 0.3) is 0 Å². The van der Waals surface area contributed by atoms with Crippen molar-refractivity contribution in [3.8, 4) is 0 Å². The monoisotopic (exact) mass is 404 g/mol. The zero-order chi connectivity index (χ0) is 17.3. The Labute approximate surface area is 151 Å². The van der Waals surface area contributed by atoms with E-state index in [4.69, 9.17) is 0 Å². The minimum absolute atomic E-state index is 0.300. The van der Waals surface area contributed by atoms with Gasteiger partial charge < -0.3 is 0 Å². The maximum Gasteiger partial charge on any atom is 0.295 e. The summed E-state index contributed by atoms with van der Waals surface area (Å²) in [5.74, 6) is -0.722. The highest BCUT2D eigenvalue weighted by molar-refractivity contribution is 9.10. The lowest BCUT2D eigenvalue weighted by Gasteiger charge is -2.25. The average molecular weight is 405 g/mol. The van der Waals surface area contributed by atoms with Crippen molar-refractivity contribution in [2.75, 3.05) is 9.80 Å². The highest BCUT2D eigenvalue weighted by atomic mass is 79.9. The summed E-state index contributed by atoms with van der Waals surface area (Å²) in [7, 11) is 0. The van der Waals surface area contributed by atoms with Crippen LogP contribution >= 0.6 is 27.7 Å². The van der Waals surface area contributed by atoms with Crippen LogP contribution in [-0.2, 0) is 9.59 Å². The third-order valence-electron chi connectivity index (χ3n) is 3.52. The molecule has 1 atom stereocenters. The normalized spacial score (nSPS) is 17.2. The predicted molar refractivity (Wildman–Crippen MR) is 98.0 cm³/mol. The molecule has 24 heavy (non-hydrogen) atoms. The number of benzene rings is 2. The number of anilines is 2. The van der Waals surface area contributed by atoms with Crippen LogP contribution in [0.3, 0.4) is 0 Å². The van der Waals surface area contributed by atoms with Crippen LogP contribution in [0.15, 0.2) is 59.1 Å². The van der Waals surface area contributed by atoms with E-state index in [1.165, 1.54) is 11.8 Å². The van der Waals surface area contributed by atoms with Gasteiger partial charge in [-0.1, -0.05) is 34.1 Å². The van der Waals surface area contributed by atoms with Gasteiger partial charge in [0.15, 0.2) is 5.37 Å². The number of rotatable bonds is 3. The van der Waals surface area contributed by atoms with Crippen LogP contribution in [0.2, 0.25) is 0 Å². The maximum absolute atomic E-state index is 12.8. The molecule has 1 saturated heterocycles. The molecule has 2 aromatic rings. The second kappa shape index (κ2) is 6.78. The SMILES string of the molecule is CC(=O)N(c1ccc(Br)cc1)[C@@H]1SC(=O)N(c2ccccc2)C1=O. The summed E-state index contributed by atoms with van der Waals surface area (Å²) in [5, 5.41) is -1.30. The van der Waals surface area contributed by atoms with Crippen molar-refractivity contribution >= 4 is 56.1 Å². The van der Waals surface area contributed by atoms with Crippen molar-refractivity contribution in [1.82, 2.24) is 0 Å². The van der Waals surface area contributed by atoms with E-state index >= 15 is 0 Å². The van der Waals surface area contributed by atoms with Crippen LogP contribution < -0.4 is 9.80 Å². The van der Waals surface area contributed by atoms with Crippen LogP contribution in [0, 0.1) is 0 Å². The molecule has 1 aliphatic rings. The van der Waals surface area contributed by atoms with E-state index in [1.54, 1.807) is 48.5 Å². The van der Waals surface area contributed by atoms with Gasteiger partial charge in [-0.05, 0) is 48.2 Å². The quantitative estimate of drug-likeness (QED) is 0.774. The van der Waals surface area contributed by atoms with Crippen molar-refractivity contribution in [3.05, 3.63) is 59.1 Å². The average Bonchev–Trinajstić information content (AvgIpc) is 2.84. The van der Waals surface area contributed by atoms with E-state index in [0.717, 1.165) is 21.1 Å². The van der Waals surface area contributed by atoms with E-state index in [-0.39, 0.29) is 11.1 Å². The van der Waals surface area contributed by atoms with Crippen LogP contribution in [0.4, 0.5) is 16.2 Å². The van der Waals surface area contributed by atoms with Crippen molar-refractivity contribution in [2.45, 2.75) is 12.3 Å². The Bertz CT molecular complexity index is 795. The molecule has 0 radical (unpaired) electrons. The summed E-state index contributed by atoms with van der Waals surface area (Å²) in [5.41, 5.74) is 1.07. The summed E-state index contributed by atoms with van der Waals surface area (Å²) < 4.78 is 0.863. The van der Waals surface area contributed by atoms with Gasteiger partial charge in [-0.15, -0.1) is 0 Å². The summed E-state index contributed by atoms with van der Waals surface area (Å²) in [6.07, 6.45) is 0. The van der Waals surface area contributed by atoms with Crippen LogP contribution in [0.1, 0.15) is 6.92 Å². The molecule has 1 heterocycles. The molecule has 0 bridgehead atoms. The summed E-state index contributed by atoms with van der Waals surface area (Å²) in [6.45, 7) is 1.38. The van der Waals surface area contributed by atoms with Crippen LogP contribution in [0.5, 0.6) is 0 Å². The van der Waals surface area contributed by atoms with Gasteiger partial charge >= 0.3 is 0 Å². The number of hydrogen-bond donors (Lipinski definition) is 0. The molecule has 3 rings (SSSR count). The zero-order valence-electron chi connectivity index (χ0n) is 12.7. The van der Waals surface area contributed by atoms with Gasteiger partial charge in [0.25, 0.3) is 11.1 Å². The lowest BCUT2D eigenvalue weighted by atomic mass is 10.2. The first-order valence-corrected chi connectivity index (χ1v) is 8.81. The largest absolute Gasteiger partial charge is 0.295 e. The number of amides is 3. The Morgan fingerprint density at radius 2 is 1.71 bits per heavy atom. The van der Waals surface area contributed by atoms with Gasteiger partial charge in [-0.2, -0.15) is 0 Å². The fraction of sp³-hybridized carbons (Fsp3) is 0.118. The summed E-state index contributed by atoms with van der Waals surface area (Å²) >= 11 is 4.18. The Hall–Kier alpha value is -2.12. The Morgan fingerprint density at radius 1 is 1.08 bits per heavy atom. The Kier molecular flexibility index (Phi) is 4.73. The van der Waals surface area contributed by atoms with Gasteiger partial charge in [0.2, 0.25) is 5.91 Å². The number of para-hydroxylation sites is 1. The zero-order valence-corrected chi connectivity index (χ0v) is 15.1. The molecule has 5 nitrogen and oxygen atoms in total. The van der Waals surface area contributed by atoms with E-state index < -0.39 is 11.3 Å². The molecule has 0 aliphatic carbocycles. The first-order chi connectivity index (χ1) is 11.5. The van der Waals surface area contributed by atoms with E-state index in [9.17, 15) is 14.4 Å². The third kappa shape index (κ3) is 3.09. The lowest BCUT2D eigenvalue weighted by molar-refractivity contribution is -0.121. The number of carbonyl (C=O) groups excluding carboxylic acids is 3. The topological polar surface area (TPSA) is 57.7 Å². The summed E-state index contributed by atoms with van der Waals surface area (Å²) in [6, 6.07) is 15.7. The van der Waals surface area contributed by atoms with Crippen molar-refractivity contribution in [2.24, 2.45) is 0 Å². The number of carbonyl (C=O) groups is 3. The highest BCUT2D eigenvalue weighted by Gasteiger charge is 2.45. The van der Waals surface area contributed by atoms with E-state index in [2.05, 4.69) is 15.9 Å². The fourth-order valence-corrected chi connectivity index (χ4v) is 3.79. The standard InChI is InChI=1S/C17H13BrN2O3S/c1-11(21)19(14-9-7-12(18)8-10-14)16-15(22)20(17(23)24-16)13-5-3-2-4-6-13/h2-10,16H,1H3/t16-/m1/s1. The smallest absolute Gasteiger partial charge is 0.290 e.